The van der Waals surface area contributed by atoms with Crippen molar-refractivity contribution >= 4 is 17.7 Å². The molecule has 0 spiro atoms. The van der Waals surface area contributed by atoms with Gasteiger partial charge in [0.2, 0.25) is 5.60 Å². The lowest BCUT2D eigenvalue weighted by atomic mass is 9.94. The van der Waals surface area contributed by atoms with Crippen molar-refractivity contribution in [3.05, 3.63) is 59.9 Å². The van der Waals surface area contributed by atoms with Crippen LogP contribution < -0.4 is 10.5 Å². The minimum Gasteiger partial charge on any atom is -0.471 e. The number of nitrogens with zero attached hydrogens (tertiary/aromatic N) is 1. The van der Waals surface area contributed by atoms with Crippen molar-refractivity contribution in [2.75, 3.05) is 12.0 Å². The Hall–Kier alpha value is -2.01. The lowest BCUT2D eigenvalue weighted by Crippen LogP contribution is -2.47. The number of ether oxygens (including phenoxy) is 1. The first-order chi connectivity index (χ1) is 10.6. The van der Waals surface area contributed by atoms with Gasteiger partial charge in [0.15, 0.2) is 0 Å². The van der Waals surface area contributed by atoms with Crippen LogP contribution in [0.25, 0.3) is 0 Å². The molecule has 1 heterocycles. The molecule has 0 saturated carbocycles. The number of aromatic nitrogens is 1. The molecule has 1 atom stereocenters. The standard InChI is InChI=1S/C17H20N2O2S/c1-13-6-8-14(9-7-13)21-17(16(18)20,10-12-22-2)15-5-3-4-11-19-15/h3-9,11H,10,12H2,1-2H3,(H2,18,20). The molecule has 0 aliphatic heterocycles. The number of thioether (sulfide) groups is 1. The molecule has 2 aromatic rings. The maximum atomic E-state index is 12.2. The molecule has 0 radical (unpaired) electrons. The average molecular weight is 316 g/mol. The van der Waals surface area contributed by atoms with Crippen LogP contribution in [0.4, 0.5) is 0 Å². The maximum absolute atomic E-state index is 12.2. The van der Waals surface area contributed by atoms with Crippen LogP contribution in [0, 0.1) is 6.92 Å². The van der Waals surface area contributed by atoms with Gasteiger partial charge in [-0.15, -0.1) is 0 Å². The van der Waals surface area contributed by atoms with Gasteiger partial charge in [-0.25, -0.2) is 0 Å². The zero-order chi connectivity index (χ0) is 16.0. The number of hydrogen-bond acceptors (Lipinski definition) is 4. The predicted octanol–water partition coefficient (Wildman–Crippen LogP) is 2.90. The topological polar surface area (TPSA) is 65.2 Å². The number of rotatable bonds is 7. The van der Waals surface area contributed by atoms with Gasteiger partial charge >= 0.3 is 0 Å². The smallest absolute Gasteiger partial charge is 0.268 e. The molecule has 0 aliphatic carbocycles. The lowest BCUT2D eigenvalue weighted by molar-refractivity contribution is -0.135. The summed E-state index contributed by atoms with van der Waals surface area (Å²) >= 11 is 1.64. The minimum atomic E-state index is -1.25. The molecule has 1 unspecified atom stereocenters. The molecule has 2 rings (SSSR count). The summed E-state index contributed by atoms with van der Waals surface area (Å²) < 4.78 is 6.06. The Bertz CT molecular complexity index is 616. The van der Waals surface area contributed by atoms with Crippen molar-refractivity contribution in [1.82, 2.24) is 4.98 Å². The third kappa shape index (κ3) is 3.60. The zero-order valence-corrected chi connectivity index (χ0v) is 13.6. The fraction of sp³-hybridized carbons (Fsp3) is 0.294. The van der Waals surface area contributed by atoms with E-state index in [-0.39, 0.29) is 0 Å². The number of aryl methyl sites for hydroxylation is 1. The summed E-state index contributed by atoms with van der Waals surface area (Å²) in [7, 11) is 0. The van der Waals surface area contributed by atoms with Gasteiger partial charge in [-0.3, -0.25) is 9.78 Å². The highest BCUT2D eigenvalue weighted by Crippen LogP contribution is 2.31. The van der Waals surface area contributed by atoms with E-state index < -0.39 is 11.5 Å². The highest BCUT2D eigenvalue weighted by Gasteiger charge is 2.42. The molecular formula is C17H20N2O2S. The second-order valence-electron chi connectivity index (χ2n) is 5.06. The molecule has 5 heteroatoms. The van der Waals surface area contributed by atoms with Crippen molar-refractivity contribution < 1.29 is 9.53 Å². The van der Waals surface area contributed by atoms with Crippen LogP contribution in [0.5, 0.6) is 5.75 Å². The second kappa shape index (κ2) is 7.31. The van der Waals surface area contributed by atoms with Crippen molar-refractivity contribution in [2.45, 2.75) is 18.9 Å². The SMILES string of the molecule is CSCCC(Oc1ccc(C)cc1)(C(N)=O)c1ccccn1. The second-order valence-corrected chi connectivity index (χ2v) is 6.05. The van der Waals surface area contributed by atoms with Gasteiger partial charge in [0.25, 0.3) is 5.91 Å². The van der Waals surface area contributed by atoms with Gasteiger partial charge < -0.3 is 10.5 Å². The van der Waals surface area contributed by atoms with E-state index in [9.17, 15) is 4.79 Å². The monoisotopic (exact) mass is 316 g/mol. The Kier molecular flexibility index (Phi) is 5.44. The Morgan fingerprint density at radius 2 is 2.00 bits per heavy atom. The van der Waals surface area contributed by atoms with Crippen molar-refractivity contribution in [1.29, 1.82) is 0 Å². The van der Waals surface area contributed by atoms with Crippen molar-refractivity contribution in [2.24, 2.45) is 5.73 Å². The first-order valence-electron chi connectivity index (χ1n) is 7.04. The zero-order valence-electron chi connectivity index (χ0n) is 12.8. The lowest BCUT2D eigenvalue weighted by Gasteiger charge is -2.31. The van der Waals surface area contributed by atoms with E-state index in [1.807, 2.05) is 43.5 Å². The Morgan fingerprint density at radius 1 is 1.27 bits per heavy atom. The molecule has 0 fully saturated rings. The fourth-order valence-corrected chi connectivity index (χ4v) is 2.68. The molecule has 0 bridgehead atoms. The molecule has 2 N–H and O–H groups in total. The van der Waals surface area contributed by atoms with Crippen LogP contribution >= 0.6 is 11.8 Å². The highest BCUT2D eigenvalue weighted by atomic mass is 32.2. The van der Waals surface area contributed by atoms with Crippen LogP contribution in [-0.2, 0) is 10.4 Å². The maximum Gasteiger partial charge on any atom is 0.268 e. The van der Waals surface area contributed by atoms with Crippen molar-refractivity contribution in [3.8, 4) is 5.75 Å². The molecule has 1 aromatic heterocycles. The van der Waals surface area contributed by atoms with Gasteiger partial charge in [0.1, 0.15) is 5.75 Å². The highest BCUT2D eigenvalue weighted by molar-refractivity contribution is 7.98. The van der Waals surface area contributed by atoms with Gasteiger partial charge in [-0.2, -0.15) is 11.8 Å². The third-order valence-electron chi connectivity index (χ3n) is 3.45. The van der Waals surface area contributed by atoms with Gasteiger partial charge in [-0.1, -0.05) is 23.8 Å². The number of hydrogen-bond donors (Lipinski definition) is 1. The molecule has 1 amide bonds. The number of pyridine rings is 1. The van der Waals surface area contributed by atoms with E-state index in [2.05, 4.69) is 4.98 Å². The number of carbonyl (C=O) groups excluding carboxylic acids is 1. The summed E-state index contributed by atoms with van der Waals surface area (Å²) in [5, 5.41) is 0. The summed E-state index contributed by atoms with van der Waals surface area (Å²) in [6.07, 6.45) is 4.09. The number of carbonyl (C=O) groups is 1. The van der Waals surface area contributed by atoms with E-state index in [0.717, 1.165) is 11.3 Å². The Morgan fingerprint density at radius 3 is 2.55 bits per heavy atom. The quantitative estimate of drug-likeness (QED) is 0.853. The van der Waals surface area contributed by atoms with E-state index in [1.165, 1.54) is 0 Å². The minimum absolute atomic E-state index is 0.467. The van der Waals surface area contributed by atoms with Gasteiger partial charge in [0.05, 0.1) is 5.69 Å². The number of benzene rings is 1. The molecule has 0 aliphatic rings. The molecule has 4 nitrogen and oxygen atoms in total. The first-order valence-corrected chi connectivity index (χ1v) is 8.44. The fourth-order valence-electron chi connectivity index (χ4n) is 2.19. The van der Waals surface area contributed by atoms with E-state index in [4.69, 9.17) is 10.5 Å². The summed E-state index contributed by atoms with van der Waals surface area (Å²) in [4.78, 5) is 16.6. The van der Waals surface area contributed by atoms with Crippen LogP contribution in [-0.4, -0.2) is 22.9 Å². The predicted molar refractivity (Wildman–Crippen MR) is 89.9 cm³/mol. The molecule has 0 saturated heterocycles. The Balaban J connectivity index is 2.43. The molecular weight excluding hydrogens is 296 g/mol. The summed E-state index contributed by atoms with van der Waals surface area (Å²) in [5.41, 5.74) is 6.12. The van der Waals surface area contributed by atoms with Gasteiger partial charge in [-0.05, 0) is 43.2 Å². The third-order valence-corrected chi connectivity index (χ3v) is 4.06. The first kappa shape index (κ1) is 16.4. The van der Waals surface area contributed by atoms with Crippen LogP contribution in [0.2, 0.25) is 0 Å². The summed E-state index contributed by atoms with van der Waals surface area (Å²) in [6.45, 7) is 2.00. The molecule has 116 valence electrons. The van der Waals surface area contributed by atoms with E-state index >= 15 is 0 Å². The number of amides is 1. The van der Waals surface area contributed by atoms with E-state index in [0.29, 0.717) is 17.9 Å². The van der Waals surface area contributed by atoms with E-state index in [1.54, 1.807) is 30.1 Å². The Labute approximate surface area is 135 Å². The van der Waals surface area contributed by atoms with Crippen LogP contribution in [0.3, 0.4) is 0 Å². The van der Waals surface area contributed by atoms with Gasteiger partial charge in [0, 0.05) is 12.6 Å². The summed E-state index contributed by atoms with van der Waals surface area (Å²) in [6, 6.07) is 13.0. The largest absolute Gasteiger partial charge is 0.471 e. The normalized spacial score (nSPS) is 13.4. The van der Waals surface area contributed by atoms with Crippen LogP contribution in [0.15, 0.2) is 48.7 Å². The number of primary amides is 1. The van der Waals surface area contributed by atoms with Crippen molar-refractivity contribution in [3.63, 3.8) is 0 Å². The summed E-state index contributed by atoms with van der Waals surface area (Å²) in [5.74, 6) is 0.822. The molecule has 1 aromatic carbocycles. The number of nitrogens with two attached hydrogens (primary N) is 1. The average Bonchev–Trinajstić information content (AvgIpc) is 2.54. The molecule has 22 heavy (non-hydrogen) atoms. The van der Waals surface area contributed by atoms with Crippen LogP contribution in [0.1, 0.15) is 17.7 Å².